The second-order valence-corrected chi connectivity index (χ2v) is 5.85. The van der Waals surface area contributed by atoms with Gasteiger partial charge in [-0.1, -0.05) is 33.1 Å². The van der Waals surface area contributed by atoms with Crippen LogP contribution in [0.4, 0.5) is 5.69 Å². The predicted octanol–water partition coefficient (Wildman–Crippen LogP) is 3.34. The molecule has 0 aliphatic carbocycles. The van der Waals surface area contributed by atoms with Gasteiger partial charge in [-0.15, -0.1) is 0 Å². The molecule has 1 aliphatic rings. The van der Waals surface area contributed by atoms with Gasteiger partial charge in [0.1, 0.15) is 13.2 Å². The standard InChI is InChI=1S/C18H28N2O3/c1-3-5-7-15(19-10-6-4-2)18(21)20-14-8-9-16-17(13-14)23-12-11-22-16/h8-9,13,15,19H,3-7,10-12H2,1-2H3,(H,20,21). The van der Waals surface area contributed by atoms with E-state index in [0.29, 0.717) is 19.0 Å². The molecule has 0 fully saturated rings. The van der Waals surface area contributed by atoms with Crippen molar-refractivity contribution >= 4 is 11.6 Å². The van der Waals surface area contributed by atoms with Crippen molar-refractivity contribution in [1.82, 2.24) is 5.32 Å². The van der Waals surface area contributed by atoms with E-state index < -0.39 is 0 Å². The minimum absolute atomic E-state index is 0.0197. The molecule has 0 radical (unpaired) electrons. The molecule has 1 heterocycles. The van der Waals surface area contributed by atoms with Crippen LogP contribution in [0, 0.1) is 0 Å². The lowest BCUT2D eigenvalue weighted by Gasteiger charge is -2.21. The monoisotopic (exact) mass is 320 g/mol. The van der Waals surface area contributed by atoms with E-state index >= 15 is 0 Å². The lowest BCUT2D eigenvalue weighted by Crippen LogP contribution is -2.41. The Balaban J connectivity index is 1.96. The number of hydrogen-bond acceptors (Lipinski definition) is 4. The number of anilines is 1. The Morgan fingerprint density at radius 2 is 1.87 bits per heavy atom. The Kier molecular flexibility index (Phi) is 7.20. The lowest BCUT2D eigenvalue weighted by atomic mass is 10.1. The Bertz CT molecular complexity index is 505. The van der Waals surface area contributed by atoms with Gasteiger partial charge in [0, 0.05) is 11.8 Å². The zero-order valence-electron chi connectivity index (χ0n) is 14.2. The molecule has 0 spiro atoms. The summed E-state index contributed by atoms with van der Waals surface area (Å²) in [6.07, 6.45) is 5.19. The molecular weight excluding hydrogens is 292 g/mol. The average molecular weight is 320 g/mol. The van der Waals surface area contributed by atoms with E-state index in [0.717, 1.165) is 50.1 Å². The average Bonchev–Trinajstić information content (AvgIpc) is 2.57. The van der Waals surface area contributed by atoms with Crippen LogP contribution >= 0.6 is 0 Å². The summed E-state index contributed by atoms with van der Waals surface area (Å²) in [7, 11) is 0. The zero-order valence-corrected chi connectivity index (χ0v) is 14.2. The van der Waals surface area contributed by atoms with Crippen molar-refractivity contribution in [3.05, 3.63) is 18.2 Å². The molecule has 0 aromatic heterocycles. The van der Waals surface area contributed by atoms with E-state index in [4.69, 9.17) is 9.47 Å². The number of ether oxygens (including phenoxy) is 2. The molecule has 0 bridgehead atoms. The normalized spacial score (nSPS) is 14.3. The third-order valence-corrected chi connectivity index (χ3v) is 3.89. The largest absolute Gasteiger partial charge is 0.486 e. The zero-order chi connectivity index (χ0) is 16.5. The Labute approximate surface area is 138 Å². The highest BCUT2D eigenvalue weighted by Gasteiger charge is 2.18. The highest BCUT2D eigenvalue weighted by molar-refractivity contribution is 5.95. The molecule has 1 unspecified atom stereocenters. The van der Waals surface area contributed by atoms with Crippen molar-refractivity contribution in [3.63, 3.8) is 0 Å². The van der Waals surface area contributed by atoms with E-state index in [2.05, 4.69) is 24.5 Å². The van der Waals surface area contributed by atoms with Crippen LogP contribution in [0.25, 0.3) is 0 Å². The van der Waals surface area contributed by atoms with Gasteiger partial charge in [-0.05, 0) is 31.5 Å². The van der Waals surface area contributed by atoms with E-state index in [-0.39, 0.29) is 11.9 Å². The summed E-state index contributed by atoms with van der Waals surface area (Å²) in [5, 5.41) is 6.36. The van der Waals surface area contributed by atoms with Gasteiger partial charge in [0.05, 0.1) is 6.04 Å². The van der Waals surface area contributed by atoms with Crippen molar-refractivity contribution < 1.29 is 14.3 Å². The Morgan fingerprint density at radius 1 is 1.13 bits per heavy atom. The van der Waals surface area contributed by atoms with Crippen molar-refractivity contribution in [2.24, 2.45) is 0 Å². The number of rotatable bonds is 9. The Hall–Kier alpha value is -1.75. The molecule has 0 saturated carbocycles. The highest BCUT2D eigenvalue weighted by atomic mass is 16.6. The first-order valence-corrected chi connectivity index (χ1v) is 8.68. The number of benzene rings is 1. The van der Waals surface area contributed by atoms with Crippen LogP contribution in [0.15, 0.2) is 18.2 Å². The summed E-state index contributed by atoms with van der Waals surface area (Å²) in [4.78, 5) is 12.5. The first-order chi connectivity index (χ1) is 11.2. The van der Waals surface area contributed by atoms with Crippen molar-refractivity contribution in [2.45, 2.75) is 52.0 Å². The van der Waals surface area contributed by atoms with Crippen LogP contribution in [-0.2, 0) is 4.79 Å². The van der Waals surface area contributed by atoms with E-state index in [1.54, 1.807) is 0 Å². The van der Waals surface area contributed by atoms with Crippen LogP contribution < -0.4 is 20.1 Å². The van der Waals surface area contributed by atoms with E-state index in [1.165, 1.54) is 0 Å². The molecule has 128 valence electrons. The van der Waals surface area contributed by atoms with Gasteiger partial charge in [-0.2, -0.15) is 0 Å². The van der Waals surface area contributed by atoms with Crippen LogP contribution in [-0.4, -0.2) is 31.7 Å². The SMILES string of the molecule is CCCCNC(CCCC)C(=O)Nc1ccc2c(c1)OCCO2. The third kappa shape index (κ3) is 5.43. The minimum Gasteiger partial charge on any atom is -0.486 e. The smallest absolute Gasteiger partial charge is 0.241 e. The number of carbonyl (C=O) groups excluding carboxylic acids is 1. The molecule has 5 nitrogen and oxygen atoms in total. The molecule has 5 heteroatoms. The quantitative estimate of drug-likeness (QED) is 0.685. The maximum Gasteiger partial charge on any atom is 0.241 e. The van der Waals surface area contributed by atoms with Crippen molar-refractivity contribution in [2.75, 3.05) is 25.1 Å². The van der Waals surface area contributed by atoms with Gasteiger partial charge in [0.15, 0.2) is 11.5 Å². The summed E-state index contributed by atoms with van der Waals surface area (Å²) >= 11 is 0. The molecular formula is C18H28N2O3. The fourth-order valence-corrected chi connectivity index (χ4v) is 2.54. The maximum absolute atomic E-state index is 12.5. The number of unbranched alkanes of at least 4 members (excludes halogenated alkanes) is 2. The molecule has 2 rings (SSSR count). The maximum atomic E-state index is 12.5. The number of hydrogen-bond donors (Lipinski definition) is 2. The Morgan fingerprint density at radius 3 is 2.61 bits per heavy atom. The molecule has 1 aromatic carbocycles. The summed E-state index contributed by atoms with van der Waals surface area (Å²) in [5.41, 5.74) is 0.748. The van der Waals surface area contributed by atoms with Crippen LogP contribution in [0.3, 0.4) is 0 Å². The summed E-state index contributed by atoms with van der Waals surface area (Å²) in [6.45, 7) is 6.28. The second-order valence-electron chi connectivity index (χ2n) is 5.85. The number of amides is 1. The lowest BCUT2D eigenvalue weighted by molar-refractivity contribution is -0.118. The van der Waals surface area contributed by atoms with E-state index in [9.17, 15) is 4.79 Å². The molecule has 0 saturated heterocycles. The highest BCUT2D eigenvalue weighted by Crippen LogP contribution is 2.32. The number of carbonyl (C=O) groups is 1. The van der Waals surface area contributed by atoms with Crippen LogP contribution in [0.2, 0.25) is 0 Å². The van der Waals surface area contributed by atoms with Crippen LogP contribution in [0.5, 0.6) is 11.5 Å². The van der Waals surface area contributed by atoms with Gasteiger partial charge in [0.25, 0.3) is 0 Å². The molecule has 23 heavy (non-hydrogen) atoms. The fourth-order valence-electron chi connectivity index (χ4n) is 2.54. The minimum atomic E-state index is -0.144. The summed E-state index contributed by atoms with van der Waals surface area (Å²) in [6, 6.07) is 5.38. The van der Waals surface area contributed by atoms with Gasteiger partial charge in [-0.3, -0.25) is 4.79 Å². The summed E-state index contributed by atoms with van der Waals surface area (Å²) in [5.74, 6) is 1.45. The van der Waals surface area contributed by atoms with Gasteiger partial charge in [-0.25, -0.2) is 0 Å². The first-order valence-electron chi connectivity index (χ1n) is 8.68. The van der Waals surface area contributed by atoms with Crippen molar-refractivity contribution in [3.8, 4) is 11.5 Å². The number of fused-ring (bicyclic) bond motifs is 1. The molecule has 1 aliphatic heterocycles. The summed E-state index contributed by atoms with van der Waals surface area (Å²) < 4.78 is 11.1. The molecule has 1 atom stereocenters. The predicted molar refractivity (Wildman–Crippen MR) is 92.3 cm³/mol. The molecule has 1 aromatic rings. The topological polar surface area (TPSA) is 59.6 Å². The van der Waals surface area contributed by atoms with Gasteiger partial charge >= 0.3 is 0 Å². The van der Waals surface area contributed by atoms with Gasteiger partial charge in [0.2, 0.25) is 5.91 Å². The van der Waals surface area contributed by atoms with Gasteiger partial charge < -0.3 is 20.1 Å². The number of nitrogens with one attached hydrogen (secondary N) is 2. The third-order valence-electron chi connectivity index (χ3n) is 3.89. The second kappa shape index (κ2) is 9.40. The molecule has 2 N–H and O–H groups in total. The van der Waals surface area contributed by atoms with E-state index in [1.807, 2.05) is 18.2 Å². The van der Waals surface area contributed by atoms with Crippen molar-refractivity contribution in [1.29, 1.82) is 0 Å². The van der Waals surface area contributed by atoms with Crippen LogP contribution in [0.1, 0.15) is 46.0 Å². The molecule has 1 amide bonds. The first kappa shape index (κ1) is 17.6. The fraction of sp³-hybridized carbons (Fsp3) is 0.611.